The maximum absolute atomic E-state index is 12.9. The molecule has 1 aromatic carbocycles. The molecule has 0 saturated carbocycles. The van der Waals surface area contributed by atoms with E-state index in [0.717, 1.165) is 43.4 Å². The standard InChI is InChI=1S/C24H22ClN7O4S/c1-13-9-15(14(2)30(13)16-5-6-18(25)19(11-16)32(35)36)10-17-22(26)31-24(27-23(17)34)37-20(28-31)12-21(33)29-7-3-4-8-29/h5-6,9-11,26H,3-4,7-8,12H2,1-2H3/b17-10+,26-22?. The lowest BCUT2D eigenvalue weighted by Crippen LogP contribution is -2.35. The average Bonchev–Trinajstić information content (AvgIpc) is 3.57. The highest BCUT2D eigenvalue weighted by Gasteiger charge is 2.37. The van der Waals surface area contributed by atoms with E-state index in [1.165, 1.54) is 17.1 Å². The Morgan fingerprint density at radius 1 is 1.27 bits per heavy atom. The monoisotopic (exact) mass is 539 g/mol. The third-order valence-electron chi connectivity index (χ3n) is 6.41. The number of aromatic nitrogens is 1. The van der Waals surface area contributed by atoms with Gasteiger partial charge in [-0.15, -0.1) is 0 Å². The van der Waals surface area contributed by atoms with Crippen LogP contribution >= 0.6 is 23.4 Å². The lowest BCUT2D eigenvalue weighted by Gasteiger charge is -2.20. The summed E-state index contributed by atoms with van der Waals surface area (Å²) in [4.78, 5) is 42.1. The van der Waals surface area contributed by atoms with Crippen molar-refractivity contribution in [1.82, 2.24) is 14.5 Å². The third-order valence-corrected chi connectivity index (χ3v) is 7.64. The average molecular weight is 540 g/mol. The molecule has 1 aromatic heterocycles. The van der Waals surface area contributed by atoms with Gasteiger partial charge < -0.3 is 9.47 Å². The van der Waals surface area contributed by atoms with E-state index in [1.54, 1.807) is 17.0 Å². The van der Waals surface area contributed by atoms with Crippen molar-refractivity contribution in [3.8, 4) is 5.69 Å². The van der Waals surface area contributed by atoms with Crippen molar-refractivity contribution in [1.29, 1.82) is 5.41 Å². The number of fused-ring (bicyclic) bond motifs is 1. The zero-order chi connectivity index (χ0) is 26.4. The number of halogens is 1. The molecule has 0 radical (unpaired) electrons. The summed E-state index contributed by atoms with van der Waals surface area (Å²) in [5.74, 6) is -0.719. The lowest BCUT2D eigenvalue weighted by atomic mass is 10.1. The molecule has 5 rings (SSSR count). The topological polar surface area (TPSA) is 137 Å². The van der Waals surface area contributed by atoms with Crippen molar-refractivity contribution < 1.29 is 14.5 Å². The van der Waals surface area contributed by atoms with E-state index < -0.39 is 10.8 Å². The van der Waals surface area contributed by atoms with Crippen LogP contribution in [0.2, 0.25) is 5.02 Å². The van der Waals surface area contributed by atoms with E-state index in [9.17, 15) is 19.7 Å². The van der Waals surface area contributed by atoms with Gasteiger partial charge in [-0.25, -0.2) is 0 Å². The number of nitrogens with one attached hydrogen (secondary N) is 1. The van der Waals surface area contributed by atoms with Crippen LogP contribution in [0.1, 0.15) is 36.2 Å². The molecule has 0 bridgehead atoms. The Kier molecular flexibility index (Phi) is 6.46. The number of nitrogens with zero attached hydrogens (tertiary/aromatic N) is 6. The molecule has 4 heterocycles. The summed E-state index contributed by atoms with van der Waals surface area (Å²) in [5.41, 5.74) is 2.55. The first-order chi connectivity index (χ1) is 17.6. The molecule has 0 atom stereocenters. The van der Waals surface area contributed by atoms with E-state index in [0.29, 0.717) is 22.0 Å². The van der Waals surface area contributed by atoms with Gasteiger partial charge in [0.1, 0.15) is 10.1 Å². The van der Waals surface area contributed by atoms with Crippen LogP contribution < -0.4 is 0 Å². The summed E-state index contributed by atoms with van der Waals surface area (Å²) in [6, 6.07) is 6.37. The fourth-order valence-electron chi connectivity index (χ4n) is 4.58. The van der Waals surface area contributed by atoms with Gasteiger partial charge in [0.25, 0.3) is 11.6 Å². The summed E-state index contributed by atoms with van der Waals surface area (Å²) in [7, 11) is 0. The van der Waals surface area contributed by atoms with Gasteiger partial charge in [0, 0.05) is 30.5 Å². The van der Waals surface area contributed by atoms with E-state index in [-0.39, 0.29) is 39.6 Å². The number of nitro groups is 1. The number of hydrogen-bond acceptors (Lipinski definition) is 7. The first-order valence-electron chi connectivity index (χ1n) is 11.5. The molecule has 1 saturated heterocycles. The van der Waals surface area contributed by atoms with Crippen LogP contribution in [-0.2, 0) is 9.59 Å². The zero-order valence-electron chi connectivity index (χ0n) is 20.0. The smallest absolute Gasteiger partial charge is 0.289 e. The minimum atomic E-state index is -0.571. The van der Waals surface area contributed by atoms with Crippen LogP contribution in [0.15, 0.2) is 39.9 Å². The van der Waals surface area contributed by atoms with Crippen molar-refractivity contribution >= 4 is 63.0 Å². The zero-order valence-corrected chi connectivity index (χ0v) is 21.6. The number of rotatable bonds is 5. The van der Waals surface area contributed by atoms with E-state index in [1.807, 2.05) is 24.5 Å². The predicted molar refractivity (Wildman–Crippen MR) is 142 cm³/mol. The number of aryl methyl sites for hydroxylation is 1. The molecule has 1 N–H and O–H groups in total. The number of thioether (sulfide) groups is 1. The molecule has 37 heavy (non-hydrogen) atoms. The second-order valence-corrected chi connectivity index (χ2v) is 10.3. The quantitative estimate of drug-likeness (QED) is 0.342. The van der Waals surface area contributed by atoms with Crippen LogP contribution in [0.3, 0.4) is 0 Å². The maximum Gasteiger partial charge on any atom is 0.289 e. The number of nitro benzene ring substituents is 1. The highest BCUT2D eigenvalue weighted by atomic mass is 35.5. The number of amidine groups is 2. The lowest BCUT2D eigenvalue weighted by molar-refractivity contribution is -0.384. The number of aliphatic imine (C=N–C) groups is 1. The molecule has 13 heteroatoms. The van der Waals surface area contributed by atoms with Crippen LogP contribution in [0, 0.1) is 29.4 Å². The summed E-state index contributed by atoms with van der Waals surface area (Å²) in [5, 5.41) is 26.4. The highest BCUT2D eigenvalue weighted by Crippen LogP contribution is 2.32. The van der Waals surface area contributed by atoms with Crippen molar-refractivity contribution in [2.45, 2.75) is 33.1 Å². The number of hydrazone groups is 1. The number of carbonyl (C=O) groups is 2. The van der Waals surface area contributed by atoms with Gasteiger partial charge in [-0.3, -0.25) is 25.1 Å². The molecule has 3 aliphatic heterocycles. The molecule has 0 unspecified atom stereocenters. The Hall–Kier alpha value is -3.77. The largest absolute Gasteiger partial charge is 0.342 e. The molecule has 2 aromatic rings. The van der Waals surface area contributed by atoms with Crippen molar-refractivity contribution in [3.05, 3.63) is 61.9 Å². The molecule has 2 amide bonds. The minimum Gasteiger partial charge on any atom is -0.342 e. The number of benzene rings is 1. The van der Waals surface area contributed by atoms with Gasteiger partial charge in [0.05, 0.1) is 22.6 Å². The van der Waals surface area contributed by atoms with Crippen molar-refractivity contribution in [2.24, 2.45) is 10.1 Å². The summed E-state index contributed by atoms with van der Waals surface area (Å²) >= 11 is 7.10. The third kappa shape index (κ3) is 4.58. The number of carbonyl (C=O) groups excluding carboxylic acids is 2. The molecule has 190 valence electrons. The van der Waals surface area contributed by atoms with Crippen LogP contribution in [0.25, 0.3) is 11.8 Å². The Balaban J connectivity index is 1.43. The normalized spacial score (nSPS) is 18.4. The van der Waals surface area contributed by atoms with E-state index in [2.05, 4.69) is 10.1 Å². The van der Waals surface area contributed by atoms with Gasteiger partial charge >= 0.3 is 0 Å². The minimum absolute atomic E-state index is 0.0207. The van der Waals surface area contributed by atoms with E-state index in [4.69, 9.17) is 17.0 Å². The van der Waals surface area contributed by atoms with Gasteiger partial charge in [-0.2, -0.15) is 15.1 Å². The second-order valence-electron chi connectivity index (χ2n) is 8.83. The van der Waals surface area contributed by atoms with Gasteiger partial charge in [0.15, 0.2) is 5.84 Å². The fraction of sp³-hybridized carbons (Fsp3) is 0.292. The summed E-state index contributed by atoms with van der Waals surface area (Å²) < 4.78 is 1.81. The van der Waals surface area contributed by atoms with Crippen LogP contribution in [0.4, 0.5) is 5.69 Å². The predicted octanol–water partition coefficient (Wildman–Crippen LogP) is 4.29. The van der Waals surface area contributed by atoms with Gasteiger partial charge in [-0.1, -0.05) is 11.6 Å². The van der Waals surface area contributed by atoms with Crippen LogP contribution in [0.5, 0.6) is 0 Å². The molecule has 0 spiro atoms. The Labute approximate surface area is 221 Å². The van der Waals surface area contributed by atoms with Crippen LogP contribution in [-0.4, -0.2) is 60.4 Å². The number of amides is 2. The molecule has 1 fully saturated rings. The molecule has 3 aliphatic rings. The van der Waals surface area contributed by atoms with Crippen molar-refractivity contribution in [3.63, 3.8) is 0 Å². The molecule has 11 nitrogen and oxygen atoms in total. The Bertz CT molecular complexity index is 1470. The van der Waals surface area contributed by atoms with E-state index >= 15 is 0 Å². The van der Waals surface area contributed by atoms with Gasteiger partial charge in [0.2, 0.25) is 11.1 Å². The molecular formula is C24H22ClN7O4S. The highest BCUT2D eigenvalue weighted by molar-refractivity contribution is 8.27. The first-order valence-corrected chi connectivity index (χ1v) is 12.7. The molecule has 0 aliphatic carbocycles. The maximum atomic E-state index is 12.9. The Morgan fingerprint density at radius 3 is 2.70 bits per heavy atom. The fourth-order valence-corrected chi connectivity index (χ4v) is 5.64. The number of hydrogen-bond donors (Lipinski definition) is 1. The summed E-state index contributed by atoms with van der Waals surface area (Å²) in [6.45, 7) is 5.14. The van der Waals surface area contributed by atoms with Crippen molar-refractivity contribution in [2.75, 3.05) is 13.1 Å². The number of likely N-dealkylation sites (tertiary alicyclic amines) is 1. The first kappa shape index (κ1) is 24.9. The second kappa shape index (κ2) is 9.60. The summed E-state index contributed by atoms with van der Waals surface area (Å²) in [6.07, 6.45) is 3.66. The van der Waals surface area contributed by atoms with Gasteiger partial charge in [-0.05, 0) is 68.3 Å². The Morgan fingerprint density at radius 2 is 2.00 bits per heavy atom. The molecular weight excluding hydrogens is 518 g/mol. The SMILES string of the molecule is Cc1cc(/C=C2\C(=N)N3N=C(CC(=O)N4CCCC4)SC3=NC2=O)c(C)n1-c1ccc(Cl)c([N+](=O)[O-])c1.